The lowest BCUT2D eigenvalue weighted by Crippen LogP contribution is -2.48. The molecule has 0 radical (unpaired) electrons. The first-order valence-corrected chi connectivity index (χ1v) is 12.9. The molecular formula is C28H32N6O5. The van der Waals surface area contributed by atoms with Crippen LogP contribution in [-0.2, 0) is 16.0 Å². The number of carbonyl (C=O) groups excluding carboxylic acids is 4. The van der Waals surface area contributed by atoms with Crippen LogP contribution in [0.2, 0.25) is 0 Å². The Morgan fingerprint density at radius 3 is 2.64 bits per heavy atom. The maximum atomic E-state index is 13.1. The standard InChI is InChI=1S/C28H32N6O5/c35-25-18-34(28(38)20-7-2-1-3-8-20)13-5-4-11-31-27(37)24(16-22-17-29-19-32-22)33-26(36)21-9-6-10-23(15-21)39-14-12-30-25/h1-3,6-10,15,17,19,24H,4-5,11-14,16,18H2,(H,29,32)(H,30,35)(H,31,37)(H,33,36)/t24-/m0/s1. The Bertz CT molecular complexity index is 1260. The van der Waals surface area contributed by atoms with Gasteiger partial charge in [0.1, 0.15) is 18.4 Å². The van der Waals surface area contributed by atoms with Gasteiger partial charge in [0.05, 0.1) is 19.4 Å². The maximum absolute atomic E-state index is 13.1. The molecule has 4 rings (SSSR count). The maximum Gasteiger partial charge on any atom is 0.254 e. The summed E-state index contributed by atoms with van der Waals surface area (Å²) in [7, 11) is 0. The highest BCUT2D eigenvalue weighted by Gasteiger charge is 2.23. The number of H-pyrrole nitrogens is 1. The summed E-state index contributed by atoms with van der Waals surface area (Å²) in [5, 5.41) is 8.47. The van der Waals surface area contributed by atoms with E-state index in [9.17, 15) is 19.2 Å². The van der Waals surface area contributed by atoms with Gasteiger partial charge in [-0.15, -0.1) is 0 Å². The smallest absolute Gasteiger partial charge is 0.254 e. The summed E-state index contributed by atoms with van der Waals surface area (Å²) in [4.78, 5) is 60.2. The van der Waals surface area contributed by atoms with Crippen molar-refractivity contribution in [2.45, 2.75) is 25.3 Å². The summed E-state index contributed by atoms with van der Waals surface area (Å²) in [6.45, 7) is 0.993. The van der Waals surface area contributed by atoms with Crippen LogP contribution in [0.1, 0.15) is 39.3 Å². The minimum atomic E-state index is -0.831. The molecule has 204 valence electrons. The van der Waals surface area contributed by atoms with E-state index >= 15 is 0 Å². The van der Waals surface area contributed by atoms with Crippen LogP contribution in [0.25, 0.3) is 0 Å². The number of hydrogen-bond donors (Lipinski definition) is 4. The minimum absolute atomic E-state index is 0.0970. The van der Waals surface area contributed by atoms with Crippen molar-refractivity contribution >= 4 is 23.6 Å². The van der Waals surface area contributed by atoms with Crippen LogP contribution in [0, 0.1) is 0 Å². The first-order chi connectivity index (χ1) is 19.0. The van der Waals surface area contributed by atoms with Crippen molar-refractivity contribution in [1.82, 2.24) is 30.8 Å². The topological polar surface area (TPSA) is 146 Å². The molecular weight excluding hydrogens is 500 g/mol. The SMILES string of the molecule is O=C1CN(C(=O)c2ccccc2)CCCCNC(=O)[C@H](Cc2cnc[nH]2)NC(=O)c2cccc(c2)OCCN1. The zero-order valence-electron chi connectivity index (χ0n) is 21.5. The van der Waals surface area contributed by atoms with Crippen molar-refractivity contribution in [3.63, 3.8) is 0 Å². The van der Waals surface area contributed by atoms with Crippen molar-refractivity contribution < 1.29 is 23.9 Å². The van der Waals surface area contributed by atoms with Gasteiger partial charge in [0, 0.05) is 42.5 Å². The van der Waals surface area contributed by atoms with E-state index in [1.54, 1.807) is 54.7 Å². The Kier molecular flexibility index (Phi) is 9.65. The second-order valence-electron chi connectivity index (χ2n) is 9.12. The summed E-state index contributed by atoms with van der Waals surface area (Å²) < 4.78 is 5.72. The van der Waals surface area contributed by atoms with E-state index in [1.165, 1.54) is 11.2 Å². The van der Waals surface area contributed by atoms with Gasteiger partial charge in [-0.05, 0) is 43.2 Å². The van der Waals surface area contributed by atoms with Gasteiger partial charge in [-0.1, -0.05) is 24.3 Å². The van der Waals surface area contributed by atoms with Crippen LogP contribution in [0.5, 0.6) is 5.75 Å². The molecule has 1 atom stereocenters. The summed E-state index contributed by atoms with van der Waals surface area (Å²) in [5.74, 6) is -0.841. The highest BCUT2D eigenvalue weighted by Crippen LogP contribution is 2.14. The van der Waals surface area contributed by atoms with Gasteiger partial charge in [0.15, 0.2) is 0 Å². The van der Waals surface area contributed by atoms with Crippen LogP contribution in [-0.4, -0.2) is 77.3 Å². The molecule has 39 heavy (non-hydrogen) atoms. The first kappa shape index (κ1) is 27.4. The summed E-state index contributed by atoms with van der Waals surface area (Å²) >= 11 is 0. The molecule has 0 saturated heterocycles. The van der Waals surface area contributed by atoms with Gasteiger partial charge in [0.2, 0.25) is 11.8 Å². The van der Waals surface area contributed by atoms with Crippen molar-refractivity contribution in [2.24, 2.45) is 0 Å². The number of fused-ring (bicyclic) bond motifs is 2. The number of rotatable bonds is 3. The van der Waals surface area contributed by atoms with Crippen molar-refractivity contribution in [1.29, 1.82) is 0 Å². The average molecular weight is 533 g/mol. The zero-order chi connectivity index (χ0) is 27.5. The van der Waals surface area contributed by atoms with Crippen LogP contribution in [0.4, 0.5) is 0 Å². The Morgan fingerprint density at radius 1 is 1.00 bits per heavy atom. The lowest BCUT2D eigenvalue weighted by molar-refractivity contribution is -0.123. The number of ether oxygens (including phenoxy) is 1. The van der Waals surface area contributed by atoms with E-state index < -0.39 is 11.9 Å². The second kappa shape index (κ2) is 13.8. The zero-order valence-corrected chi connectivity index (χ0v) is 21.5. The molecule has 1 aliphatic rings. The fourth-order valence-electron chi connectivity index (χ4n) is 4.16. The van der Waals surface area contributed by atoms with Gasteiger partial charge in [0.25, 0.3) is 11.8 Å². The molecule has 0 aliphatic carbocycles. The molecule has 0 fully saturated rings. The Labute approximate surface area is 226 Å². The minimum Gasteiger partial charge on any atom is -0.492 e. The number of imidazole rings is 1. The molecule has 2 bridgehead atoms. The van der Waals surface area contributed by atoms with Crippen molar-refractivity contribution in [3.8, 4) is 5.75 Å². The molecule has 3 aromatic rings. The number of benzene rings is 2. The average Bonchev–Trinajstić information content (AvgIpc) is 3.47. The van der Waals surface area contributed by atoms with Crippen LogP contribution < -0.4 is 20.7 Å². The fraction of sp³-hybridized carbons (Fsp3) is 0.321. The van der Waals surface area contributed by atoms with Gasteiger partial charge >= 0.3 is 0 Å². The molecule has 0 saturated carbocycles. The quantitative estimate of drug-likeness (QED) is 0.400. The van der Waals surface area contributed by atoms with Gasteiger partial charge in [-0.25, -0.2) is 4.98 Å². The second-order valence-corrected chi connectivity index (χ2v) is 9.12. The molecule has 11 nitrogen and oxygen atoms in total. The van der Waals surface area contributed by atoms with E-state index in [4.69, 9.17) is 4.74 Å². The molecule has 0 unspecified atom stereocenters. The number of carbonyl (C=O) groups is 4. The predicted octanol–water partition coefficient (Wildman–Crippen LogP) is 1.30. The summed E-state index contributed by atoms with van der Waals surface area (Å²) in [5.41, 5.74) is 1.54. The van der Waals surface area contributed by atoms with E-state index in [0.717, 1.165) is 0 Å². The Morgan fingerprint density at radius 2 is 1.85 bits per heavy atom. The lowest BCUT2D eigenvalue weighted by Gasteiger charge is -2.22. The van der Waals surface area contributed by atoms with Crippen LogP contribution >= 0.6 is 0 Å². The normalized spacial score (nSPS) is 17.9. The Hall–Kier alpha value is -4.67. The van der Waals surface area contributed by atoms with Gasteiger partial charge in [-0.2, -0.15) is 0 Å². The van der Waals surface area contributed by atoms with Gasteiger partial charge < -0.3 is 30.6 Å². The number of hydrogen-bond acceptors (Lipinski definition) is 6. The number of amides is 4. The van der Waals surface area contributed by atoms with Crippen LogP contribution in [0.3, 0.4) is 0 Å². The number of aromatic amines is 1. The van der Waals surface area contributed by atoms with Crippen molar-refractivity contribution in [2.75, 3.05) is 32.8 Å². The molecule has 1 aliphatic heterocycles. The van der Waals surface area contributed by atoms with E-state index in [0.29, 0.717) is 48.5 Å². The molecule has 0 spiro atoms. The van der Waals surface area contributed by atoms with Crippen LogP contribution in [0.15, 0.2) is 67.1 Å². The molecule has 1 aromatic heterocycles. The fourth-order valence-corrected chi connectivity index (χ4v) is 4.16. The molecule has 4 N–H and O–H groups in total. The summed E-state index contributed by atoms with van der Waals surface area (Å²) in [6, 6.07) is 14.6. The third-order valence-electron chi connectivity index (χ3n) is 6.19. The van der Waals surface area contributed by atoms with E-state index in [2.05, 4.69) is 25.9 Å². The van der Waals surface area contributed by atoms with E-state index in [-0.39, 0.29) is 43.8 Å². The predicted molar refractivity (Wildman–Crippen MR) is 143 cm³/mol. The Balaban J connectivity index is 1.49. The molecule has 2 aromatic carbocycles. The van der Waals surface area contributed by atoms with Gasteiger partial charge in [-0.3, -0.25) is 19.2 Å². The highest BCUT2D eigenvalue weighted by atomic mass is 16.5. The molecule has 2 heterocycles. The first-order valence-electron chi connectivity index (χ1n) is 12.9. The third-order valence-corrected chi connectivity index (χ3v) is 6.19. The number of nitrogens with zero attached hydrogens (tertiary/aromatic N) is 2. The largest absolute Gasteiger partial charge is 0.492 e. The monoisotopic (exact) mass is 532 g/mol. The van der Waals surface area contributed by atoms with Crippen molar-refractivity contribution in [3.05, 3.63) is 83.9 Å². The molecule has 4 amide bonds. The number of nitrogens with one attached hydrogen (secondary N) is 4. The van der Waals surface area contributed by atoms with E-state index in [1.807, 2.05) is 6.07 Å². The number of aromatic nitrogens is 2. The molecule has 11 heteroatoms. The highest BCUT2D eigenvalue weighted by molar-refractivity contribution is 5.98. The third kappa shape index (κ3) is 8.16. The summed E-state index contributed by atoms with van der Waals surface area (Å²) in [6.07, 6.45) is 4.50. The lowest BCUT2D eigenvalue weighted by atomic mass is 10.1.